The molecule has 4 rings (SSSR count). The van der Waals surface area contributed by atoms with Crippen LogP contribution < -0.4 is 14.9 Å². The van der Waals surface area contributed by atoms with Crippen LogP contribution in [0.1, 0.15) is 15.9 Å². The molecule has 2 aromatic carbocycles. The minimum Gasteiger partial charge on any atom is -0.369 e. The molecule has 1 aliphatic rings. The highest BCUT2D eigenvalue weighted by Crippen LogP contribution is 2.25. The number of likely N-dealkylation sites (N-methyl/N-ethyl adjacent to an activating group) is 1. The lowest BCUT2D eigenvalue weighted by atomic mass is 10.1. The fraction of sp³-hybridized carbons (Fsp3) is 0.261. The number of sulfonamides is 1. The third-order valence-electron chi connectivity index (χ3n) is 5.49. The highest BCUT2D eigenvalue weighted by Gasteiger charge is 2.17. The Morgan fingerprint density at radius 2 is 1.72 bits per heavy atom. The summed E-state index contributed by atoms with van der Waals surface area (Å²) in [5.74, 6) is -0.242. The Hall–Kier alpha value is -2.88. The summed E-state index contributed by atoms with van der Waals surface area (Å²) < 4.78 is 27.4. The van der Waals surface area contributed by atoms with E-state index in [1.165, 1.54) is 0 Å². The lowest BCUT2D eigenvalue weighted by Crippen LogP contribution is -2.44. The smallest absolute Gasteiger partial charge is 0.271 e. The number of nitrogens with zero attached hydrogens (tertiary/aromatic N) is 2. The number of aryl methyl sites for hydroxylation is 1. The molecule has 2 N–H and O–H groups in total. The summed E-state index contributed by atoms with van der Waals surface area (Å²) >= 11 is 1.15. The number of thiophene rings is 1. The number of benzene rings is 2. The van der Waals surface area contributed by atoms with Crippen LogP contribution >= 0.6 is 11.3 Å². The van der Waals surface area contributed by atoms with Crippen LogP contribution in [0.2, 0.25) is 0 Å². The number of carbonyl (C=O) groups excluding carboxylic acids is 1. The Labute approximate surface area is 192 Å². The van der Waals surface area contributed by atoms with Gasteiger partial charge in [0.25, 0.3) is 15.9 Å². The molecular formula is C23H26N4O3S2. The number of nitrogens with one attached hydrogen (secondary N) is 2. The number of carbonyl (C=O) groups is 1. The number of hydrogen-bond acceptors (Lipinski definition) is 6. The van der Waals surface area contributed by atoms with E-state index in [0.29, 0.717) is 11.3 Å². The molecule has 1 aromatic heterocycles. The van der Waals surface area contributed by atoms with Crippen LogP contribution in [-0.4, -0.2) is 52.5 Å². The first kappa shape index (κ1) is 22.3. The van der Waals surface area contributed by atoms with E-state index < -0.39 is 10.0 Å². The summed E-state index contributed by atoms with van der Waals surface area (Å²) in [6.07, 6.45) is 0. The van der Waals surface area contributed by atoms with Crippen LogP contribution in [0.3, 0.4) is 0 Å². The summed E-state index contributed by atoms with van der Waals surface area (Å²) in [6, 6.07) is 15.7. The fourth-order valence-corrected chi connectivity index (χ4v) is 5.61. The Morgan fingerprint density at radius 3 is 2.34 bits per heavy atom. The third kappa shape index (κ3) is 5.12. The Bertz CT molecular complexity index is 1180. The molecule has 0 radical (unpaired) electrons. The average Bonchev–Trinajstić information content (AvgIpc) is 3.32. The lowest BCUT2D eigenvalue weighted by Gasteiger charge is -2.34. The van der Waals surface area contributed by atoms with Gasteiger partial charge in [0.15, 0.2) is 0 Å². The summed E-state index contributed by atoms with van der Waals surface area (Å²) in [5, 5.41) is 4.66. The van der Waals surface area contributed by atoms with Gasteiger partial charge in [-0.15, -0.1) is 11.3 Å². The topological polar surface area (TPSA) is 81.8 Å². The average molecular weight is 471 g/mol. The third-order valence-corrected chi connectivity index (χ3v) is 8.26. The molecule has 1 amide bonds. The standard InChI is InChI=1S/C23H26N4O3S2/c1-17-16-20(27-13-11-26(2)12-14-27)9-10-21(17)24-23(28)18-5-7-19(8-6-18)25-32(29,30)22-4-3-15-31-22/h3-10,15-16,25H,11-14H2,1-2H3,(H,24,28). The van der Waals surface area contributed by atoms with E-state index in [1.807, 2.05) is 19.1 Å². The number of hydrogen-bond donors (Lipinski definition) is 2. The molecule has 0 bridgehead atoms. The van der Waals surface area contributed by atoms with Gasteiger partial charge in [0.05, 0.1) is 0 Å². The van der Waals surface area contributed by atoms with Gasteiger partial charge in [0, 0.05) is 48.8 Å². The largest absolute Gasteiger partial charge is 0.369 e. The molecule has 0 unspecified atom stereocenters. The Balaban J connectivity index is 1.40. The summed E-state index contributed by atoms with van der Waals surface area (Å²) in [5.41, 5.74) is 3.77. The van der Waals surface area contributed by atoms with Crippen LogP contribution in [0, 0.1) is 6.92 Å². The molecule has 0 saturated carbocycles. The zero-order chi connectivity index (χ0) is 22.7. The monoisotopic (exact) mass is 470 g/mol. The van der Waals surface area contributed by atoms with Crippen molar-refractivity contribution in [2.75, 3.05) is 48.2 Å². The second-order valence-electron chi connectivity index (χ2n) is 7.86. The van der Waals surface area contributed by atoms with Crippen molar-refractivity contribution >= 4 is 44.3 Å². The minimum atomic E-state index is -3.61. The molecule has 1 aliphatic heterocycles. The van der Waals surface area contributed by atoms with Gasteiger partial charge in [-0.3, -0.25) is 9.52 Å². The van der Waals surface area contributed by atoms with Gasteiger partial charge in [-0.2, -0.15) is 0 Å². The lowest BCUT2D eigenvalue weighted by molar-refractivity contribution is 0.102. The van der Waals surface area contributed by atoms with Gasteiger partial charge in [-0.1, -0.05) is 6.07 Å². The molecule has 1 fully saturated rings. The van der Waals surface area contributed by atoms with Crippen LogP contribution in [0.4, 0.5) is 17.1 Å². The van der Waals surface area contributed by atoms with Crippen molar-refractivity contribution in [3.63, 3.8) is 0 Å². The number of anilines is 3. The van der Waals surface area contributed by atoms with Crippen molar-refractivity contribution in [1.82, 2.24) is 4.90 Å². The molecule has 9 heteroatoms. The van der Waals surface area contributed by atoms with E-state index >= 15 is 0 Å². The van der Waals surface area contributed by atoms with Crippen LogP contribution in [0.25, 0.3) is 0 Å². The quantitative estimate of drug-likeness (QED) is 0.572. The van der Waals surface area contributed by atoms with E-state index in [1.54, 1.807) is 41.8 Å². The minimum absolute atomic E-state index is 0.242. The second-order valence-corrected chi connectivity index (χ2v) is 10.7. The van der Waals surface area contributed by atoms with Gasteiger partial charge < -0.3 is 15.1 Å². The summed E-state index contributed by atoms with van der Waals surface area (Å²) in [6.45, 7) is 6.04. The van der Waals surface area contributed by atoms with Crippen molar-refractivity contribution < 1.29 is 13.2 Å². The normalized spacial score (nSPS) is 14.9. The van der Waals surface area contributed by atoms with Crippen molar-refractivity contribution in [2.24, 2.45) is 0 Å². The van der Waals surface area contributed by atoms with Crippen LogP contribution in [-0.2, 0) is 10.0 Å². The number of amides is 1. The van der Waals surface area contributed by atoms with Crippen LogP contribution in [0.15, 0.2) is 64.2 Å². The maximum atomic E-state index is 12.7. The first-order valence-corrected chi connectivity index (χ1v) is 12.7. The van der Waals surface area contributed by atoms with Crippen molar-refractivity contribution in [3.8, 4) is 0 Å². The van der Waals surface area contributed by atoms with Crippen molar-refractivity contribution in [3.05, 3.63) is 71.1 Å². The van der Waals surface area contributed by atoms with Gasteiger partial charge >= 0.3 is 0 Å². The molecule has 7 nitrogen and oxygen atoms in total. The maximum Gasteiger partial charge on any atom is 0.271 e. The van der Waals surface area contributed by atoms with Gasteiger partial charge in [0.2, 0.25) is 0 Å². The molecule has 1 saturated heterocycles. The highest BCUT2D eigenvalue weighted by atomic mass is 32.2. The van der Waals surface area contributed by atoms with Gasteiger partial charge in [0.1, 0.15) is 4.21 Å². The Morgan fingerprint density at radius 1 is 1.00 bits per heavy atom. The zero-order valence-corrected chi connectivity index (χ0v) is 19.7. The van der Waals surface area contributed by atoms with Gasteiger partial charge in [-0.25, -0.2) is 8.42 Å². The molecule has 0 aliphatic carbocycles. The van der Waals surface area contributed by atoms with E-state index in [9.17, 15) is 13.2 Å². The second kappa shape index (κ2) is 9.32. The molecular weight excluding hydrogens is 444 g/mol. The van der Waals surface area contributed by atoms with E-state index in [4.69, 9.17) is 0 Å². The van der Waals surface area contributed by atoms with Crippen molar-refractivity contribution in [2.45, 2.75) is 11.1 Å². The number of rotatable bonds is 6. The molecule has 0 atom stereocenters. The number of piperazine rings is 1. The van der Waals surface area contributed by atoms with E-state index in [0.717, 1.165) is 54.5 Å². The predicted octanol–water partition coefficient (Wildman–Crippen LogP) is 3.86. The predicted molar refractivity (Wildman–Crippen MR) is 130 cm³/mol. The summed E-state index contributed by atoms with van der Waals surface area (Å²) in [4.78, 5) is 17.4. The van der Waals surface area contributed by atoms with Crippen LogP contribution in [0.5, 0.6) is 0 Å². The molecule has 2 heterocycles. The maximum absolute atomic E-state index is 12.7. The molecule has 0 spiro atoms. The first-order valence-electron chi connectivity index (χ1n) is 10.3. The zero-order valence-electron chi connectivity index (χ0n) is 18.0. The highest BCUT2D eigenvalue weighted by molar-refractivity contribution is 7.94. The fourth-order valence-electron chi connectivity index (χ4n) is 3.56. The van der Waals surface area contributed by atoms with Crippen molar-refractivity contribution in [1.29, 1.82) is 0 Å². The molecule has 168 valence electrons. The molecule has 3 aromatic rings. The first-order chi connectivity index (χ1) is 15.3. The Kier molecular flexibility index (Phi) is 6.50. The van der Waals surface area contributed by atoms with Gasteiger partial charge in [-0.05, 0) is 73.4 Å². The summed E-state index contributed by atoms with van der Waals surface area (Å²) in [7, 11) is -1.48. The SMILES string of the molecule is Cc1cc(N2CCN(C)CC2)ccc1NC(=O)c1ccc(NS(=O)(=O)c2cccs2)cc1. The van der Waals surface area contributed by atoms with E-state index in [-0.39, 0.29) is 10.1 Å². The van der Waals surface area contributed by atoms with E-state index in [2.05, 4.69) is 33.0 Å². The molecule has 32 heavy (non-hydrogen) atoms.